The smallest absolute Gasteiger partial charge is 0.323 e. The van der Waals surface area contributed by atoms with Gasteiger partial charge in [-0.25, -0.2) is 4.63 Å². The summed E-state index contributed by atoms with van der Waals surface area (Å²) in [5.74, 6) is -2.47. The molecule has 15 heteroatoms. The molecule has 4 heterocycles. The number of aromatic hydroxyl groups is 1. The number of carboxylic acid groups (broad SMARTS) is 1. The Bertz CT molecular complexity index is 1560. The maximum absolute atomic E-state index is 13.0. The predicted molar refractivity (Wildman–Crippen MR) is 117 cm³/mol. The number of amides is 1. The van der Waals surface area contributed by atoms with Crippen molar-refractivity contribution in [3.63, 3.8) is 0 Å². The van der Waals surface area contributed by atoms with Gasteiger partial charge in [0.25, 0.3) is 0 Å². The second-order valence-corrected chi connectivity index (χ2v) is 7.77. The number of nitrogens with zero attached hydrogens (tertiary/aromatic N) is 8. The molecule has 0 aliphatic rings. The van der Waals surface area contributed by atoms with E-state index in [-0.39, 0.29) is 28.7 Å². The van der Waals surface area contributed by atoms with Crippen LogP contribution >= 0.6 is 11.3 Å². The van der Waals surface area contributed by atoms with Crippen molar-refractivity contribution in [1.82, 2.24) is 29.9 Å². The van der Waals surface area contributed by atoms with Gasteiger partial charge < -0.3 is 15.9 Å². The normalized spacial score (nSPS) is 11.5. The van der Waals surface area contributed by atoms with Crippen LogP contribution in [0.1, 0.15) is 10.5 Å². The van der Waals surface area contributed by atoms with Crippen LogP contribution in [-0.4, -0.2) is 52.0 Å². The number of nitrogen functional groups attached to an aromatic ring is 1. The largest absolute Gasteiger partial charge is 0.493 e. The summed E-state index contributed by atoms with van der Waals surface area (Å²) in [6.07, 6.45) is 0. The number of carbonyl (C=O) groups is 2. The van der Waals surface area contributed by atoms with Gasteiger partial charge in [-0.3, -0.25) is 14.2 Å². The van der Waals surface area contributed by atoms with Crippen molar-refractivity contribution < 1.29 is 24.4 Å². The molecule has 0 saturated heterocycles. The van der Waals surface area contributed by atoms with E-state index in [1.807, 2.05) is 0 Å². The van der Waals surface area contributed by atoms with E-state index in [0.29, 0.717) is 15.8 Å². The summed E-state index contributed by atoms with van der Waals surface area (Å²) < 4.78 is 6.98. The molecular weight excluding hydrogens is 466 g/mol. The van der Waals surface area contributed by atoms with E-state index < -0.39 is 24.3 Å². The molecule has 0 aliphatic carbocycles. The Balaban J connectivity index is 1.58. The fourth-order valence-corrected chi connectivity index (χ4v) is 4.11. The number of carboxylic acids is 1. The Morgan fingerprint density at radius 3 is 2.71 bits per heavy atom. The van der Waals surface area contributed by atoms with E-state index in [1.165, 1.54) is 16.0 Å². The predicted octanol–water partition coefficient (Wildman–Crippen LogP) is 2.63. The van der Waals surface area contributed by atoms with Crippen molar-refractivity contribution >= 4 is 45.6 Å². The van der Waals surface area contributed by atoms with Crippen LogP contribution in [0.3, 0.4) is 0 Å². The van der Waals surface area contributed by atoms with Gasteiger partial charge in [0.15, 0.2) is 11.4 Å². The number of para-hydroxylation sites is 1. The SMILES string of the molecule is Nc1nonc1-n1nnc(C(=O)N=Nc2c(O)n(CC(=O)O)c3ccccc23)c1-c1cccs1. The van der Waals surface area contributed by atoms with Gasteiger partial charge >= 0.3 is 11.9 Å². The highest BCUT2D eigenvalue weighted by molar-refractivity contribution is 7.13. The zero-order valence-corrected chi connectivity index (χ0v) is 17.7. The molecule has 1 amide bonds. The molecule has 0 spiro atoms. The average molecular weight is 479 g/mol. The van der Waals surface area contributed by atoms with E-state index in [2.05, 4.69) is 35.5 Å². The number of anilines is 1. The monoisotopic (exact) mass is 479 g/mol. The van der Waals surface area contributed by atoms with E-state index in [4.69, 9.17) is 10.8 Å². The first-order chi connectivity index (χ1) is 16.5. The van der Waals surface area contributed by atoms with E-state index in [0.717, 1.165) is 4.57 Å². The lowest BCUT2D eigenvalue weighted by Crippen LogP contribution is -2.07. The fraction of sp³-hybridized carbons (Fsp3) is 0.0526. The molecule has 0 aliphatic heterocycles. The van der Waals surface area contributed by atoms with Crippen LogP contribution < -0.4 is 5.73 Å². The quantitative estimate of drug-likeness (QED) is 0.304. The van der Waals surface area contributed by atoms with Gasteiger partial charge in [0, 0.05) is 5.39 Å². The van der Waals surface area contributed by atoms with Crippen molar-refractivity contribution in [1.29, 1.82) is 0 Å². The Kier molecular flexibility index (Phi) is 5.06. The zero-order valence-electron chi connectivity index (χ0n) is 16.9. The topological polar surface area (TPSA) is 200 Å². The minimum Gasteiger partial charge on any atom is -0.493 e. The molecule has 0 fully saturated rings. The molecule has 0 atom stereocenters. The Morgan fingerprint density at radius 2 is 2.00 bits per heavy atom. The molecule has 5 aromatic rings. The first-order valence-corrected chi connectivity index (χ1v) is 10.4. The molecule has 170 valence electrons. The van der Waals surface area contributed by atoms with Crippen LogP contribution in [0.2, 0.25) is 0 Å². The Labute approximate surface area is 192 Å². The lowest BCUT2D eigenvalue weighted by atomic mass is 10.2. The number of fused-ring (bicyclic) bond motifs is 1. The van der Waals surface area contributed by atoms with Crippen LogP contribution in [-0.2, 0) is 11.3 Å². The highest BCUT2D eigenvalue weighted by atomic mass is 32.1. The summed E-state index contributed by atoms with van der Waals surface area (Å²) in [5.41, 5.74) is 6.23. The number of azo groups is 1. The number of benzene rings is 1. The molecule has 5 rings (SSSR count). The number of aromatic nitrogens is 6. The molecule has 4 N–H and O–H groups in total. The molecular formula is C19H13N9O5S. The van der Waals surface area contributed by atoms with Crippen LogP contribution in [0.5, 0.6) is 5.88 Å². The van der Waals surface area contributed by atoms with E-state index in [9.17, 15) is 14.7 Å². The Hall–Kier alpha value is -4.92. The maximum atomic E-state index is 13.0. The number of hydrogen-bond acceptors (Lipinski definition) is 11. The number of hydrogen-bond donors (Lipinski definition) is 3. The highest BCUT2D eigenvalue weighted by Crippen LogP contribution is 2.39. The highest BCUT2D eigenvalue weighted by Gasteiger charge is 2.26. The van der Waals surface area contributed by atoms with Gasteiger partial charge in [-0.05, 0) is 27.8 Å². The van der Waals surface area contributed by atoms with Crippen molar-refractivity contribution in [2.24, 2.45) is 10.2 Å². The second kappa shape index (κ2) is 8.21. The Morgan fingerprint density at radius 1 is 1.18 bits per heavy atom. The summed E-state index contributed by atoms with van der Waals surface area (Å²) in [6, 6.07) is 10.1. The molecule has 34 heavy (non-hydrogen) atoms. The molecule has 1 aromatic carbocycles. The first kappa shape index (κ1) is 21.0. The lowest BCUT2D eigenvalue weighted by molar-refractivity contribution is -0.137. The number of aliphatic carboxylic acids is 1. The molecule has 0 saturated carbocycles. The van der Waals surface area contributed by atoms with Gasteiger partial charge in [-0.15, -0.1) is 26.7 Å². The molecule has 14 nitrogen and oxygen atoms in total. The third kappa shape index (κ3) is 3.45. The van der Waals surface area contributed by atoms with Crippen molar-refractivity contribution in [2.75, 3.05) is 5.73 Å². The van der Waals surface area contributed by atoms with E-state index in [1.54, 1.807) is 41.8 Å². The number of nitrogens with two attached hydrogens (primary N) is 1. The summed E-state index contributed by atoms with van der Waals surface area (Å²) in [4.78, 5) is 24.8. The number of carbonyl (C=O) groups excluding carboxylic acids is 1. The van der Waals surface area contributed by atoms with Crippen LogP contribution in [0.15, 0.2) is 56.6 Å². The van der Waals surface area contributed by atoms with Gasteiger partial charge in [-0.2, -0.15) is 4.68 Å². The third-order valence-electron chi connectivity index (χ3n) is 4.78. The van der Waals surface area contributed by atoms with Crippen molar-refractivity contribution in [2.45, 2.75) is 6.54 Å². The summed E-state index contributed by atoms with van der Waals surface area (Å²) >= 11 is 1.31. The maximum Gasteiger partial charge on any atom is 0.323 e. The van der Waals surface area contributed by atoms with E-state index >= 15 is 0 Å². The van der Waals surface area contributed by atoms with Crippen LogP contribution in [0, 0.1) is 0 Å². The van der Waals surface area contributed by atoms with Gasteiger partial charge in [0.05, 0.1) is 10.4 Å². The third-order valence-corrected chi connectivity index (χ3v) is 5.65. The van der Waals surface area contributed by atoms with Gasteiger partial charge in [0.2, 0.25) is 17.5 Å². The summed E-state index contributed by atoms with van der Waals surface area (Å²) in [5, 5.41) is 44.7. The van der Waals surface area contributed by atoms with Crippen molar-refractivity contribution in [3.8, 4) is 22.3 Å². The standard InChI is InChI=1S/C19H13N9O5S/c20-16-17(25-33-24-16)28-15(11-6-3-7-34-11)14(22-26-28)18(31)23-21-13-9-4-1-2-5-10(9)27(19(13)32)8-12(29)30/h1-7,32H,8H2,(H2,20,24)(H,29,30). The van der Waals surface area contributed by atoms with Crippen LogP contribution in [0.4, 0.5) is 11.5 Å². The zero-order chi connectivity index (χ0) is 23.8. The number of thiophene rings is 1. The summed E-state index contributed by atoms with van der Waals surface area (Å²) in [6.45, 7) is -0.500. The lowest BCUT2D eigenvalue weighted by Gasteiger charge is -2.02. The molecule has 0 radical (unpaired) electrons. The van der Waals surface area contributed by atoms with Gasteiger partial charge in [0.1, 0.15) is 12.2 Å². The number of rotatable bonds is 6. The molecule has 4 aromatic heterocycles. The first-order valence-electron chi connectivity index (χ1n) is 9.51. The van der Waals surface area contributed by atoms with Gasteiger partial charge in [-0.1, -0.05) is 29.5 Å². The fourth-order valence-electron chi connectivity index (χ4n) is 3.35. The summed E-state index contributed by atoms with van der Waals surface area (Å²) in [7, 11) is 0. The average Bonchev–Trinajstić information content (AvgIpc) is 3.60. The second-order valence-electron chi connectivity index (χ2n) is 6.82. The minimum absolute atomic E-state index is 0.0428. The molecule has 0 unspecified atom stereocenters. The minimum atomic E-state index is -1.16. The molecule has 0 bridgehead atoms. The van der Waals surface area contributed by atoms with Crippen molar-refractivity contribution in [3.05, 3.63) is 47.5 Å². The van der Waals surface area contributed by atoms with Crippen LogP contribution in [0.25, 0.3) is 27.3 Å².